The van der Waals surface area contributed by atoms with E-state index < -0.39 is 43.0 Å². The van der Waals surface area contributed by atoms with Gasteiger partial charge in [0, 0.05) is 0 Å². The maximum atomic E-state index is 8.88. The molecule has 0 aliphatic carbocycles. The molecule has 10 nitrogen and oxygen atoms in total. The fourth-order valence-electron chi connectivity index (χ4n) is 0.565. The lowest BCUT2D eigenvalue weighted by molar-refractivity contribution is -0.00229. The Kier molecular flexibility index (Phi) is 3.65. The molecule has 2 radical (unpaired) electrons. The highest BCUT2D eigenvalue weighted by molar-refractivity contribution is 6.75. The quantitative estimate of drug-likeness (QED) is 0.236. The molecule has 1 heterocycles. The van der Waals surface area contributed by atoms with Gasteiger partial charge in [0.2, 0.25) is 0 Å². The van der Waals surface area contributed by atoms with Crippen LogP contribution in [0.1, 0.15) is 0 Å². The number of hydrogen-bond acceptors (Lipinski definition) is 10. The SMILES string of the molecule is O[Si]1(O)[O][Al-][O][Si](O)(O)O[Si](O)(O)O1. The highest BCUT2D eigenvalue weighted by atomic mass is 28.5. The average molecular weight is 277 g/mol. The molecule has 0 spiro atoms. The summed E-state index contributed by atoms with van der Waals surface area (Å²) >= 11 is -1.64. The average Bonchev–Trinajstić information content (AvgIpc) is 1.75. The van der Waals surface area contributed by atoms with Gasteiger partial charge in [0.25, 0.3) is 0 Å². The predicted octanol–water partition coefficient (Wildman–Crippen LogP) is -5.14. The topological polar surface area (TPSA) is 158 Å². The molecule has 1 saturated heterocycles. The third-order valence-electron chi connectivity index (χ3n) is 0.935. The van der Waals surface area contributed by atoms with Crippen LogP contribution >= 0.6 is 0 Å². The first kappa shape index (κ1) is 12.9. The molecule has 0 aromatic heterocycles. The molecule has 0 unspecified atom stereocenters. The Labute approximate surface area is 87.3 Å². The van der Waals surface area contributed by atoms with Crippen molar-refractivity contribution in [3.05, 3.63) is 0 Å². The van der Waals surface area contributed by atoms with Gasteiger partial charge < -0.3 is 44.0 Å². The van der Waals surface area contributed by atoms with Gasteiger partial charge in [0.1, 0.15) is 15.9 Å². The lowest BCUT2D eigenvalue weighted by Gasteiger charge is -2.38. The van der Waals surface area contributed by atoms with E-state index in [0.29, 0.717) is 0 Å². The summed E-state index contributed by atoms with van der Waals surface area (Å²) in [7, 11) is -14.5. The van der Waals surface area contributed by atoms with Crippen molar-refractivity contribution in [3.8, 4) is 0 Å². The zero-order valence-corrected chi connectivity index (χ0v) is 10.5. The predicted molar refractivity (Wildman–Crippen MR) is 40.7 cm³/mol. The van der Waals surface area contributed by atoms with Crippen LogP contribution < -0.4 is 0 Å². The summed E-state index contributed by atoms with van der Waals surface area (Å²) in [5, 5.41) is 0. The Hall–Kier alpha value is 0.783. The van der Waals surface area contributed by atoms with E-state index in [1.54, 1.807) is 0 Å². The highest BCUT2D eigenvalue weighted by Gasteiger charge is 2.55. The largest absolute Gasteiger partial charge is 0.662 e. The molecule has 6 N–H and O–H groups in total. The Balaban J connectivity index is 2.76. The van der Waals surface area contributed by atoms with E-state index in [9.17, 15) is 0 Å². The van der Waals surface area contributed by atoms with E-state index in [0.717, 1.165) is 0 Å². The minimum absolute atomic E-state index is 1.64. The second kappa shape index (κ2) is 3.98. The van der Waals surface area contributed by atoms with Crippen molar-refractivity contribution in [3.63, 3.8) is 0 Å². The van der Waals surface area contributed by atoms with E-state index in [-0.39, 0.29) is 0 Å². The molecule has 1 aliphatic rings. The molecule has 0 amide bonds. The molecular formula is H6AlO10Si3-. The molecule has 0 saturated carbocycles. The standard InChI is InChI=1S/Al.H6O10Si3/c;1-11(2,3)9-13(7,8)10-12(4,5)6/h;1-2,4-5,7-8H/q+1;-2. The molecule has 0 bridgehead atoms. The van der Waals surface area contributed by atoms with E-state index in [2.05, 4.69) is 15.2 Å². The smallest absolute Gasteiger partial charge is 0.660 e. The normalized spacial score (nSPS) is 30.4. The first-order valence-corrected chi connectivity index (χ1v) is 9.11. The summed E-state index contributed by atoms with van der Waals surface area (Å²) in [5.74, 6) is 0. The van der Waals surface area contributed by atoms with Gasteiger partial charge in [-0.05, 0) is 0 Å². The molecule has 1 rings (SSSR count). The summed E-state index contributed by atoms with van der Waals surface area (Å²) in [6, 6.07) is 0. The van der Waals surface area contributed by atoms with Crippen LogP contribution in [0.4, 0.5) is 0 Å². The molecule has 14 heteroatoms. The molecule has 0 aromatic rings. The third kappa shape index (κ3) is 4.11. The number of rotatable bonds is 0. The zero-order chi connectivity index (χ0) is 11.0. The van der Waals surface area contributed by atoms with E-state index >= 15 is 0 Å². The number of hydrogen-bond donors (Lipinski definition) is 6. The summed E-state index contributed by atoms with van der Waals surface area (Å²) in [6.07, 6.45) is 0. The Morgan fingerprint density at radius 3 is 1.36 bits per heavy atom. The van der Waals surface area contributed by atoms with Crippen LogP contribution in [0.5, 0.6) is 0 Å². The summed E-state index contributed by atoms with van der Waals surface area (Å²) in [6.45, 7) is 0. The maximum absolute atomic E-state index is 8.88. The van der Waals surface area contributed by atoms with Gasteiger partial charge >= 0.3 is 27.1 Å². The van der Waals surface area contributed by atoms with Crippen LogP contribution in [0, 0.1) is 0 Å². The van der Waals surface area contributed by atoms with Crippen molar-refractivity contribution in [1.29, 1.82) is 0 Å². The van der Waals surface area contributed by atoms with Gasteiger partial charge in [-0.2, -0.15) is 0 Å². The van der Waals surface area contributed by atoms with Gasteiger partial charge in [-0.1, -0.05) is 0 Å². The molecule has 82 valence electrons. The fraction of sp³-hybridized carbons (Fsp3) is 0. The van der Waals surface area contributed by atoms with E-state index in [1.807, 2.05) is 0 Å². The van der Waals surface area contributed by atoms with Crippen molar-refractivity contribution >= 4 is 43.0 Å². The molecular weight excluding hydrogens is 271 g/mol. The summed E-state index contributed by atoms with van der Waals surface area (Å²) in [4.78, 5) is 53.2. The zero-order valence-electron chi connectivity index (χ0n) is 6.39. The van der Waals surface area contributed by atoms with Crippen LogP contribution in [-0.2, 0) is 15.2 Å². The summed E-state index contributed by atoms with van der Waals surface area (Å²) in [5.41, 5.74) is 0. The second-order valence-electron chi connectivity index (χ2n) is 2.18. The van der Waals surface area contributed by atoms with Crippen molar-refractivity contribution in [2.75, 3.05) is 0 Å². The Bertz CT molecular complexity index is 191. The van der Waals surface area contributed by atoms with Crippen molar-refractivity contribution < 1.29 is 44.0 Å². The molecule has 0 aromatic carbocycles. The van der Waals surface area contributed by atoms with Crippen molar-refractivity contribution in [2.24, 2.45) is 0 Å². The monoisotopic (exact) mass is 277 g/mol. The van der Waals surface area contributed by atoms with Gasteiger partial charge in [0.15, 0.2) is 0 Å². The van der Waals surface area contributed by atoms with Crippen LogP contribution in [0.2, 0.25) is 0 Å². The van der Waals surface area contributed by atoms with Crippen LogP contribution in [0.25, 0.3) is 0 Å². The first-order chi connectivity index (χ1) is 6.12. The van der Waals surface area contributed by atoms with Gasteiger partial charge in [-0.3, -0.25) is 0 Å². The summed E-state index contributed by atoms with van der Waals surface area (Å²) < 4.78 is 16.2. The lowest BCUT2D eigenvalue weighted by atomic mass is 15.5. The van der Waals surface area contributed by atoms with Crippen LogP contribution in [0.15, 0.2) is 0 Å². The third-order valence-corrected chi connectivity index (χ3v) is 8.42. The maximum Gasteiger partial charge on any atom is 0.662 e. The second-order valence-corrected chi connectivity index (χ2v) is 9.18. The van der Waals surface area contributed by atoms with Crippen molar-refractivity contribution in [1.82, 2.24) is 0 Å². The minimum Gasteiger partial charge on any atom is -0.660 e. The molecule has 1 fully saturated rings. The van der Waals surface area contributed by atoms with Crippen molar-refractivity contribution in [2.45, 2.75) is 0 Å². The first-order valence-electron chi connectivity index (χ1n) is 3.04. The Morgan fingerprint density at radius 2 is 1.00 bits per heavy atom. The lowest BCUT2D eigenvalue weighted by Crippen LogP contribution is -2.65. The molecule has 0 atom stereocenters. The molecule has 14 heavy (non-hydrogen) atoms. The fourth-order valence-corrected chi connectivity index (χ4v) is 6.76. The molecule has 1 aliphatic heterocycles. The van der Waals surface area contributed by atoms with Gasteiger partial charge in [-0.15, -0.1) is 0 Å². The van der Waals surface area contributed by atoms with Gasteiger partial charge in [-0.25, -0.2) is 0 Å². The van der Waals surface area contributed by atoms with E-state index in [4.69, 9.17) is 28.8 Å². The minimum atomic E-state index is -5.06. The highest BCUT2D eigenvalue weighted by Crippen LogP contribution is 2.14. The van der Waals surface area contributed by atoms with E-state index in [1.165, 1.54) is 0 Å². The van der Waals surface area contributed by atoms with Crippen LogP contribution in [0.3, 0.4) is 0 Å². The Morgan fingerprint density at radius 1 is 0.643 bits per heavy atom. The van der Waals surface area contributed by atoms with Gasteiger partial charge in [0.05, 0.1) is 0 Å². The van der Waals surface area contributed by atoms with Crippen LogP contribution in [-0.4, -0.2) is 71.8 Å².